The fourth-order valence-electron chi connectivity index (χ4n) is 0.813. The van der Waals surface area contributed by atoms with E-state index in [2.05, 4.69) is 9.72 Å². The molecule has 0 aliphatic rings. The highest BCUT2D eigenvalue weighted by atomic mass is 19.4. The molecule has 0 aliphatic carbocycles. The number of hydrogen-bond donors (Lipinski definition) is 1. The SMILES string of the molecule is COc1nccc(C(F)(F)F)c1O. The Labute approximate surface area is 71.8 Å². The van der Waals surface area contributed by atoms with Gasteiger partial charge in [-0.3, -0.25) is 0 Å². The number of nitrogens with zero attached hydrogens (tertiary/aromatic N) is 1. The number of rotatable bonds is 1. The van der Waals surface area contributed by atoms with Crippen LogP contribution in [0.2, 0.25) is 0 Å². The Kier molecular flexibility index (Phi) is 2.31. The lowest BCUT2D eigenvalue weighted by atomic mass is 10.2. The molecule has 1 N–H and O–H groups in total. The molecule has 0 aromatic carbocycles. The largest absolute Gasteiger partial charge is 0.503 e. The average molecular weight is 193 g/mol. The van der Waals surface area contributed by atoms with E-state index in [9.17, 15) is 13.2 Å². The third-order valence-electron chi connectivity index (χ3n) is 1.39. The third kappa shape index (κ3) is 1.82. The second-order valence-electron chi connectivity index (χ2n) is 2.21. The lowest BCUT2D eigenvalue weighted by Gasteiger charge is -2.09. The van der Waals surface area contributed by atoms with Crippen molar-refractivity contribution in [3.63, 3.8) is 0 Å². The molecule has 0 amide bonds. The van der Waals surface area contributed by atoms with E-state index in [0.717, 1.165) is 13.3 Å². The Morgan fingerprint density at radius 3 is 2.54 bits per heavy atom. The van der Waals surface area contributed by atoms with Crippen LogP contribution in [0.25, 0.3) is 0 Å². The van der Waals surface area contributed by atoms with E-state index in [4.69, 9.17) is 5.11 Å². The van der Waals surface area contributed by atoms with E-state index in [1.165, 1.54) is 0 Å². The Morgan fingerprint density at radius 1 is 1.46 bits per heavy atom. The van der Waals surface area contributed by atoms with Crippen molar-refractivity contribution in [2.45, 2.75) is 6.18 Å². The van der Waals surface area contributed by atoms with Crippen molar-refractivity contribution in [3.8, 4) is 11.6 Å². The van der Waals surface area contributed by atoms with Crippen molar-refractivity contribution in [2.24, 2.45) is 0 Å². The minimum absolute atomic E-state index is 0.435. The summed E-state index contributed by atoms with van der Waals surface area (Å²) in [5.41, 5.74) is -1.15. The highest BCUT2D eigenvalue weighted by molar-refractivity contribution is 5.41. The second-order valence-corrected chi connectivity index (χ2v) is 2.21. The summed E-state index contributed by atoms with van der Waals surface area (Å²) >= 11 is 0. The smallest absolute Gasteiger partial charge is 0.420 e. The molecule has 0 bridgehead atoms. The van der Waals surface area contributed by atoms with Gasteiger partial charge in [0.15, 0.2) is 5.75 Å². The summed E-state index contributed by atoms with van der Waals surface area (Å²) in [7, 11) is 1.13. The monoisotopic (exact) mass is 193 g/mol. The molecule has 1 aromatic heterocycles. The van der Waals surface area contributed by atoms with Crippen LogP contribution >= 0.6 is 0 Å². The van der Waals surface area contributed by atoms with Gasteiger partial charge in [0.25, 0.3) is 5.88 Å². The summed E-state index contributed by atoms with van der Waals surface area (Å²) in [6.07, 6.45) is -3.68. The molecule has 0 aliphatic heterocycles. The van der Waals surface area contributed by atoms with E-state index in [0.29, 0.717) is 6.07 Å². The average Bonchev–Trinajstić information content (AvgIpc) is 2.02. The van der Waals surface area contributed by atoms with Gasteiger partial charge in [-0.25, -0.2) is 4.98 Å². The molecular weight excluding hydrogens is 187 g/mol. The van der Waals surface area contributed by atoms with Crippen molar-refractivity contribution >= 4 is 0 Å². The summed E-state index contributed by atoms with van der Waals surface area (Å²) in [5.74, 6) is -1.42. The minimum Gasteiger partial charge on any atom is -0.503 e. The van der Waals surface area contributed by atoms with Crippen LogP contribution in [0.4, 0.5) is 13.2 Å². The van der Waals surface area contributed by atoms with Gasteiger partial charge in [0.1, 0.15) is 5.56 Å². The first-order valence-electron chi connectivity index (χ1n) is 3.26. The Hall–Kier alpha value is -1.46. The highest BCUT2D eigenvalue weighted by Gasteiger charge is 2.35. The maximum atomic E-state index is 12.1. The second kappa shape index (κ2) is 3.12. The molecule has 1 aromatic rings. The van der Waals surface area contributed by atoms with E-state index in [-0.39, 0.29) is 0 Å². The number of hydrogen-bond acceptors (Lipinski definition) is 3. The van der Waals surface area contributed by atoms with Crippen LogP contribution in [0.1, 0.15) is 5.56 Å². The van der Waals surface area contributed by atoms with Gasteiger partial charge in [-0.05, 0) is 6.07 Å². The Bertz CT molecular complexity index is 311. The summed E-state index contributed by atoms with van der Waals surface area (Å²) in [5, 5.41) is 9.02. The zero-order valence-electron chi connectivity index (χ0n) is 6.59. The molecule has 1 rings (SSSR count). The quantitative estimate of drug-likeness (QED) is 0.739. The minimum atomic E-state index is -4.60. The molecule has 0 unspecified atom stereocenters. The van der Waals surface area contributed by atoms with Crippen molar-refractivity contribution in [1.82, 2.24) is 4.98 Å². The summed E-state index contributed by atoms with van der Waals surface area (Å²) < 4.78 is 40.8. The van der Waals surface area contributed by atoms with Gasteiger partial charge < -0.3 is 9.84 Å². The summed E-state index contributed by atoms with van der Waals surface area (Å²) in [4.78, 5) is 3.40. The molecule has 3 nitrogen and oxygen atoms in total. The van der Waals surface area contributed by atoms with Crippen LogP contribution in [0.15, 0.2) is 12.3 Å². The first kappa shape index (κ1) is 9.63. The fourth-order valence-corrected chi connectivity index (χ4v) is 0.813. The maximum absolute atomic E-state index is 12.1. The lowest BCUT2D eigenvalue weighted by Crippen LogP contribution is -2.06. The predicted molar refractivity (Wildman–Crippen MR) is 37.5 cm³/mol. The van der Waals surface area contributed by atoms with E-state index in [1.54, 1.807) is 0 Å². The van der Waals surface area contributed by atoms with Gasteiger partial charge in [0, 0.05) is 6.20 Å². The molecule has 0 saturated heterocycles. The van der Waals surface area contributed by atoms with Crippen LogP contribution in [-0.4, -0.2) is 17.2 Å². The predicted octanol–water partition coefficient (Wildman–Crippen LogP) is 1.81. The van der Waals surface area contributed by atoms with Crippen molar-refractivity contribution in [1.29, 1.82) is 0 Å². The normalized spacial score (nSPS) is 11.4. The van der Waals surface area contributed by atoms with E-state index < -0.39 is 23.4 Å². The van der Waals surface area contributed by atoms with Crippen LogP contribution in [0.3, 0.4) is 0 Å². The number of halogens is 3. The number of aromatic hydroxyl groups is 1. The van der Waals surface area contributed by atoms with Crippen LogP contribution < -0.4 is 4.74 Å². The molecular formula is C7H6F3NO2. The Balaban J connectivity index is 3.24. The van der Waals surface area contributed by atoms with Gasteiger partial charge in [-0.2, -0.15) is 13.2 Å². The lowest BCUT2D eigenvalue weighted by molar-refractivity contribution is -0.139. The van der Waals surface area contributed by atoms with Gasteiger partial charge in [0.05, 0.1) is 7.11 Å². The number of aromatic nitrogens is 1. The molecule has 0 atom stereocenters. The highest BCUT2D eigenvalue weighted by Crippen LogP contribution is 2.38. The molecule has 72 valence electrons. The van der Waals surface area contributed by atoms with E-state index >= 15 is 0 Å². The zero-order valence-corrected chi connectivity index (χ0v) is 6.59. The topological polar surface area (TPSA) is 42.4 Å². The molecule has 13 heavy (non-hydrogen) atoms. The maximum Gasteiger partial charge on any atom is 0.420 e. The fraction of sp³-hybridized carbons (Fsp3) is 0.286. The van der Waals surface area contributed by atoms with Crippen LogP contribution in [-0.2, 0) is 6.18 Å². The first-order valence-corrected chi connectivity index (χ1v) is 3.26. The number of alkyl halides is 3. The molecule has 0 fully saturated rings. The standard InChI is InChI=1S/C7H6F3NO2/c1-13-6-5(12)4(2-3-11-6)7(8,9)10/h2-3,12H,1H3. The number of methoxy groups -OCH3 is 1. The molecule has 0 radical (unpaired) electrons. The number of ether oxygens (including phenoxy) is 1. The molecule has 1 heterocycles. The molecule has 0 saturated carbocycles. The summed E-state index contributed by atoms with van der Waals surface area (Å²) in [6, 6.07) is 0.678. The summed E-state index contributed by atoms with van der Waals surface area (Å²) in [6.45, 7) is 0. The van der Waals surface area contributed by atoms with Crippen molar-refractivity contribution < 1.29 is 23.0 Å². The van der Waals surface area contributed by atoms with Crippen LogP contribution in [0, 0.1) is 0 Å². The molecule has 0 spiro atoms. The van der Waals surface area contributed by atoms with E-state index in [1.807, 2.05) is 0 Å². The number of pyridine rings is 1. The van der Waals surface area contributed by atoms with Crippen molar-refractivity contribution in [3.05, 3.63) is 17.8 Å². The van der Waals surface area contributed by atoms with Crippen molar-refractivity contribution in [2.75, 3.05) is 7.11 Å². The van der Waals surface area contributed by atoms with Gasteiger partial charge in [-0.1, -0.05) is 0 Å². The van der Waals surface area contributed by atoms with Gasteiger partial charge in [-0.15, -0.1) is 0 Å². The first-order chi connectivity index (χ1) is 5.96. The van der Waals surface area contributed by atoms with Gasteiger partial charge in [0.2, 0.25) is 0 Å². The van der Waals surface area contributed by atoms with Gasteiger partial charge >= 0.3 is 6.18 Å². The third-order valence-corrected chi connectivity index (χ3v) is 1.39. The van der Waals surface area contributed by atoms with Crippen LogP contribution in [0.5, 0.6) is 11.6 Å². The zero-order chi connectivity index (χ0) is 10.1. The molecule has 6 heteroatoms. The Morgan fingerprint density at radius 2 is 2.08 bits per heavy atom.